The number of hydrogen-bond acceptors (Lipinski definition) is 4. The lowest BCUT2D eigenvalue weighted by Crippen LogP contribution is -1.93. The van der Waals surface area contributed by atoms with E-state index in [1.807, 2.05) is 0 Å². The van der Waals surface area contributed by atoms with Gasteiger partial charge in [-0.3, -0.25) is 9.78 Å². The van der Waals surface area contributed by atoms with Crippen molar-refractivity contribution in [3.8, 4) is 0 Å². The molecule has 0 aliphatic carbocycles. The average Bonchev–Trinajstić information content (AvgIpc) is 2.05. The summed E-state index contributed by atoms with van der Waals surface area (Å²) in [7, 11) is -2.70. The standard InChI is InChI=1S/C6H4N2O3S/c9-6(8-12(10)11)5-2-1-3-7-4-5/h1-4H. The normalized spacial score (nSPS) is 9.00. The highest BCUT2D eigenvalue weighted by atomic mass is 32.2. The van der Waals surface area contributed by atoms with Gasteiger partial charge in [0.1, 0.15) is 0 Å². The number of rotatable bonds is 1. The fourth-order valence-electron chi connectivity index (χ4n) is 0.610. The monoisotopic (exact) mass is 184 g/mol. The summed E-state index contributed by atoms with van der Waals surface area (Å²) in [5.41, 5.74) is 0.154. The van der Waals surface area contributed by atoms with Crippen LogP contribution in [0.15, 0.2) is 28.9 Å². The SMILES string of the molecule is O=C(N=S(=O)=O)c1cccnc1. The van der Waals surface area contributed by atoms with Gasteiger partial charge in [-0.25, -0.2) is 0 Å². The van der Waals surface area contributed by atoms with Gasteiger partial charge in [-0.1, -0.05) is 4.36 Å². The van der Waals surface area contributed by atoms with Crippen molar-refractivity contribution in [3.63, 3.8) is 0 Å². The van der Waals surface area contributed by atoms with Gasteiger partial charge in [0.15, 0.2) is 0 Å². The van der Waals surface area contributed by atoms with Gasteiger partial charge < -0.3 is 0 Å². The van der Waals surface area contributed by atoms with E-state index >= 15 is 0 Å². The summed E-state index contributed by atoms with van der Waals surface area (Å²) in [4.78, 5) is 14.5. The highest BCUT2D eigenvalue weighted by molar-refractivity contribution is 7.62. The Morgan fingerprint density at radius 2 is 2.25 bits per heavy atom. The van der Waals surface area contributed by atoms with Crippen LogP contribution in [0.2, 0.25) is 0 Å². The molecule has 1 amide bonds. The Balaban J connectivity index is 3.02. The molecule has 0 fully saturated rings. The molecule has 12 heavy (non-hydrogen) atoms. The first-order chi connectivity index (χ1) is 5.70. The largest absolute Gasteiger partial charge is 0.319 e. The van der Waals surface area contributed by atoms with Crippen LogP contribution in [0.3, 0.4) is 0 Å². The lowest BCUT2D eigenvalue weighted by molar-refractivity contribution is 0.100. The third kappa shape index (κ3) is 2.24. The van der Waals surface area contributed by atoms with Gasteiger partial charge in [-0.2, -0.15) is 8.42 Å². The molecule has 5 nitrogen and oxygen atoms in total. The Morgan fingerprint density at radius 1 is 1.50 bits per heavy atom. The van der Waals surface area contributed by atoms with Crippen LogP contribution in [-0.4, -0.2) is 19.3 Å². The van der Waals surface area contributed by atoms with E-state index < -0.39 is 16.4 Å². The molecular formula is C6H4N2O3S. The molecule has 0 saturated heterocycles. The Kier molecular flexibility index (Phi) is 2.65. The summed E-state index contributed by atoms with van der Waals surface area (Å²) in [5.74, 6) is -0.809. The van der Waals surface area contributed by atoms with E-state index in [0.717, 1.165) is 0 Å². The van der Waals surface area contributed by atoms with Crippen LogP contribution in [0.4, 0.5) is 0 Å². The Labute approximate surface area is 69.8 Å². The molecule has 1 heterocycles. The fourth-order valence-corrected chi connectivity index (χ4v) is 0.850. The smallest absolute Gasteiger partial charge is 0.266 e. The number of carbonyl (C=O) groups is 1. The van der Waals surface area contributed by atoms with Crippen LogP contribution in [0.5, 0.6) is 0 Å². The van der Waals surface area contributed by atoms with E-state index in [1.54, 1.807) is 0 Å². The second-order valence-electron chi connectivity index (χ2n) is 1.86. The maximum absolute atomic E-state index is 10.9. The molecule has 0 aromatic carbocycles. The van der Waals surface area contributed by atoms with Crippen LogP contribution < -0.4 is 0 Å². The number of carbonyl (C=O) groups excluding carboxylic acids is 1. The molecular weight excluding hydrogens is 180 g/mol. The van der Waals surface area contributed by atoms with Gasteiger partial charge in [0.05, 0.1) is 5.56 Å². The maximum atomic E-state index is 10.9. The first-order valence-corrected chi connectivity index (χ1v) is 3.99. The number of nitrogens with zero attached hydrogens (tertiary/aromatic N) is 2. The number of amides is 1. The van der Waals surface area contributed by atoms with Crippen molar-refractivity contribution in [2.24, 2.45) is 4.36 Å². The molecule has 0 N–H and O–H groups in total. The third-order valence-electron chi connectivity index (χ3n) is 1.07. The first-order valence-electron chi connectivity index (χ1n) is 2.95. The predicted octanol–water partition coefficient (Wildman–Crippen LogP) is 0.285. The Bertz CT molecular complexity index is 402. The predicted molar refractivity (Wildman–Crippen MR) is 39.9 cm³/mol. The van der Waals surface area contributed by atoms with Crippen LogP contribution in [0, 0.1) is 0 Å². The molecule has 0 saturated carbocycles. The van der Waals surface area contributed by atoms with Crippen molar-refractivity contribution in [3.05, 3.63) is 30.1 Å². The van der Waals surface area contributed by atoms with E-state index in [4.69, 9.17) is 0 Å². The lowest BCUT2D eigenvalue weighted by atomic mass is 10.3. The van der Waals surface area contributed by atoms with Crippen molar-refractivity contribution < 1.29 is 13.2 Å². The number of pyridine rings is 1. The van der Waals surface area contributed by atoms with E-state index in [-0.39, 0.29) is 5.56 Å². The minimum Gasteiger partial charge on any atom is -0.266 e. The molecule has 62 valence electrons. The minimum absolute atomic E-state index is 0.154. The summed E-state index contributed by atoms with van der Waals surface area (Å²) in [6, 6.07) is 2.96. The van der Waals surface area contributed by atoms with Gasteiger partial charge in [0, 0.05) is 12.4 Å². The van der Waals surface area contributed by atoms with Gasteiger partial charge in [-0.15, -0.1) is 0 Å². The van der Waals surface area contributed by atoms with Gasteiger partial charge in [0.25, 0.3) is 5.91 Å². The molecule has 6 heteroatoms. The highest BCUT2D eigenvalue weighted by Crippen LogP contribution is 1.97. The third-order valence-corrected chi connectivity index (χ3v) is 1.38. The first kappa shape index (κ1) is 8.54. The van der Waals surface area contributed by atoms with E-state index in [9.17, 15) is 13.2 Å². The van der Waals surface area contributed by atoms with Crippen molar-refractivity contribution in [1.82, 2.24) is 4.98 Å². The molecule has 0 atom stereocenters. The topological polar surface area (TPSA) is 76.5 Å². The Hall–Kier alpha value is -1.56. The van der Waals surface area contributed by atoms with Crippen LogP contribution in [0.25, 0.3) is 0 Å². The number of aromatic nitrogens is 1. The zero-order valence-corrected chi connectivity index (χ0v) is 6.65. The molecule has 1 rings (SSSR count). The zero-order valence-electron chi connectivity index (χ0n) is 5.84. The molecule has 0 radical (unpaired) electrons. The molecule has 0 aliphatic heterocycles. The molecule has 0 unspecified atom stereocenters. The highest BCUT2D eigenvalue weighted by Gasteiger charge is 2.02. The molecule has 0 aliphatic rings. The minimum atomic E-state index is -2.70. The van der Waals surface area contributed by atoms with Crippen molar-refractivity contribution in [2.45, 2.75) is 0 Å². The van der Waals surface area contributed by atoms with Crippen molar-refractivity contribution >= 4 is 16.4 Å². The summed E-state index contributed by atoms with van der Waals surface area (Å²) in [5, 5.41) is 0. The van der Waals surface area contributed by atoms with Crippen molar-refractivity contribution in [2.75, 3.05) is 0 Å². The van der Waals surface area contributed by atoms with E-state index in [1.165, 1.54) is 24.5 Å². The second-order valence-corrected chi connectivity index (χ2v) is 2.47. The molecule has 0 spiro atoms. The van der Waals surface area contributed by atoms with Crippen molar-refractivity contribution in [1.29, 1.82) is 0 Å². The summed E-state index contributed by atoms with van der Waals surface area (Å²) < 4.78 is 22.7. The quantitative estimate of drug-likeness (QED) is 0.628. The summed E-state index contributed by atoms with van der Waals surface area (Å²) in [6.45, 7) is 0. The summed E-state index contributed by atoms with van der Waals surface area (Å²) >= 11 is 0. The molecule has 1 aromatic rings. The van der Waals surface area contributed by atoms with E-state index in [0.29, 0.717) is 0 Å². The van der Waals surface area contributed by atoms with Crippen LogP contribution in [-0.2, 0) is 10.5 Å². The molecule has 0 bridgehead atoms. The fraction of sp³-hybridized carbons (Fsp3) is 0. The maximum Gasteiger partial charge on any atom is 0.319 e. The van der Waals surface area contributed by atoms with E-state index in [2.05, 4.69) is 9.35 Å². The van der Waals surface area contributed by atoms with Crippen LogP contribution >= 0.6 is 0 Å². The van der Waals surface area contributed by atoms with Gasteiger partial charge in [-0.05, 0) is 12.1 Å². The number of hydrogen-bond donors (Lipinski definition) is 0. The molecule has 1 aromatic heterocycles. The van der Waals surface area contributed by atoms with Gasteiger partial charge in [0.2, 0.25) is 0 Å². The zero-order chi connectivity index (χ0) is 8.97. The second kappa shape index (κ2) is 3.72. The lowest BCUT2D eigenvalue weighted by Gasteiger charge is -1.88. The summed E-state index contributed by atoms with van der Waals surface area (Å²) in [6.07, 6.45) is 2.73. The van der Waals surface area contributed by atoms with Gasteiger partial charge >= 0.3 is 10.5 Å². The average molecular weight is 184 g/mol. The van der Waals surface area contributed by atoms with Crippen LogP contribution in [0.1, 0.15) is 10.4 Å². The Morgan fingerprint density at radius 3 is 2.75 bits per heavy atom.